The van der Waals surface area contributed by atoms with Crippen LogP contribution in [0.1, 0.15) is 23.1 Å². The van der Waals surface area contributed by atoms with E-state index in [1.165, 1.54) is 23.7 Å². The van der Waals surface area contributed by atoms with Crippen molar-refractivity contribution in [2.75, 3.05) is 11.1 Å². The van der Waals surface area contributed by atoms with Crippen LogP contribution in [0.2, 0.25) is 5.02 Å². The number of nitrogens with zero attached hydrogens (tertiary/aromatic N) is 3. The Morgan fingerprint density at radius 3 is 2.93 bits per heavy atom. The molecule has 136 valence electrons. The van der Waals surface area contributed by atoms with Crippen LogP contribution in [0.15, 0.2) is 36.0 Å². The Hall–Kier alpha value is -2.99. The molecule has 0 spiro atoms. The number of halogens is 1. The van der Waals surface area contributed by atoms with Gasteiger partial charge in [-0.2, -0.15) is 4.98 Å². The molecule has 3 rings (SSSR count). The summed E-state index contributed by atoms with van der Waals surface area (Å²) in [5.74, 6) is 6.17. The molecule has 1 atom stereocenters. The lowest BCUT2D eigenvalue weighted by atomic mass is 10.1. The molecule has 0 radical (unpaired) electrons. The van der Waals surface area contributed by atoms with Crippen molar-refractivity contribution in [3.05, 3.63) is 57.1 Å². The van der Waals surface area contributed by atoms with Crippen LogP contribution in [0.5, 0.6) is 0 Å². The predicted molar refractivity (Wildman–Crippen MR) is 108 cm³/mol. The molecule has 2 aromatic heterocycles. The van der Waals surface area contributed by atoms with Crippen LogP contribution in [0.25, 0.3) is 0 Å². The topological polar surface area (TPSA) is 121 Å². The molecular weight excluding hydrogens is 384 g/mol. The molecule has 1 unspecified atom stereocenters. The molecule has 0 saturated heterocycles. The van der Waals surface area contributed by atoms with Crippen molar-refractivity contribution in [2.45, 2.75) is 12.5 Å². The summed E-state index contributed by atoms with van der Waals surface area (Å²) in [5, 5.41) is 23.7. The highest BCUT2D eigenvalue weighted by Gasteiger charge is 2.22. The molecule has 0 aliphatic rings. The summed E-state index contributed by atoms with van der Waals surface area (Å²) in [6, 6.07) is 5.22. The van der Waals surface area contributed by atoms with E-state index in [0.29, 0.717) is 32.7 Å². The van der Waals surface area contributed by atoms with Gasteiger partial charge in [-0.15, -0.1) is 11.3 Å². The average Bonchev–Trinajstić information content (AvgIpc) is 3.19. The number of nitrogens with two attached hydrogens (primary N) is 1. The second kappa shape index (κ2) is 7.72. The van der Waals surface area contributed by atoms with E-state index in [1.807, 2.05) is 0 Å². The van der Waals surface area contributed by atoms with Gasteiger partial charge in [0.15, 0.2) is 11.4 Å². The van der Waals surface area contributed by atoms with Crippen molar-refractivity contribution in [3.8, 4) is 11.8 Å². The number of hydrogen-bond acceptors (Lipinski definition) is 8. The van der Waals surface area contributed by atoms with Gasteiger partial charge in [0.25, 0.3) is 0 Å². The molecule has 1 aromatic carbocycles. The molecule has 2 heterocycles. The summed E-state index contributed by atoms with van der Waals surface area (Å²) in [7, 11) is 0. The van der Waals surface area contributed by atoms with Crippen LogP contribution in [-0.2, 0) is 5.60 Å². The largest absolute Gasteiger partial charge is 0.371 e. The Labute approximate surface area is 164 Å². The number of thiazole rings is 1. The van der Waals surface area contributed by atoms with Crippen molar-refractivity contribution >= 4 is 46.6 Å². The van der Waals surface area contributed by atoms with Crippen molar-refractivity contribution in [3.63, 3.8) is 0 Å². The fourth-order valence-electron chi connectivity index (χ4n) is 2.18. The molecule has 3 aromatic rings. The molecule has 5 N–H and O–H groups in total. The van der Waals surface area contributed by atoms with Crippen LogP contribution in [-0.4, -0.2) is 26.3 Å². The molecular formula is C18H15ClN6OS. The lowest BCUT2D eigenvalue weighted by molar-refractivity contribution is 0.122. The van der Waals surface area contributed by atoms with E-state index in [1.54, 1.807) is 36.7 Å². The van der Waals surface area contributed by atoms with Crippen molar-refractivity contribution < 1.29 is 5.11 Å². The van der Waals surface area contributed by atoms with Gasteiger partial charge in [-0.05, 0) is 19.1 Å². The third kappa shape index (κ3) is 4.41. The number of nitrogen functional groups attached to an aromatic ring is 1. The van der Waals surface area contributed by atoms with Crippen LogP contribution >= 0.6 is 22.9 Å². The minimum Gasteiger partial charge on any atom is -0.371 e. The fourth-order valence-corrected chi connectivity index (χ4v) is 2.97. The summed E-state index contributed by atoms with van der Waals surface area (Å²) in [5.41, 5.74) is 6.07. The summed E-state index contributed by atoms with van der Waals surface area (Å²) in [6.45, 7) is 1.59. The molecule has 0 amide bonds. The number of rotatable bonds is 4. The first-order chi connectivity index (χ1) is 12.9. The SMILES string of the molecule is CC(O)(C#Cc1ccc(C=N)c(Nc2nc(N)ncc2Cl)c1)c1nccs1. The average molecular weight is 399 g/mol. The van der Waals surface area contributed by atoms with Gasteiger partial charge in [0.1, 0.15) is 10.0 Å². The first-order valence-corrected chi connectivity index (χ1v) is 9.00. The number of benzene rings is 1. The number of hydrogen-bond donors (Lipinski definition) is 4. The summed E-state index contributed by atoms with van der Waals surface area (Å²) >= 11 is 7.43. The number of anilines is 3. The van der Waals surface area contributed by atoms with Gasteiger partial charge in [-0.3, -0.25) is 0 Å². The third-order valence-corrected chi connectivity index (χ3v) is 4.78. The lowest BCUT2D eigenvalue weighted by Crippen LogP contribution is -2.17. The molecule has 0 aliphatic heterocycles. The Morgan fingerprint density at radius 2 is 2.22 bits per heavy atom. The molecule has 0 fully saturated rings. The van der Waals surface area contributed by atoms with E-state index in [9.17, 15) is 5.11 Å². The second-order valence-corrected chi connectivity index (χ2v) is 6.96. The van der Waals surface area contributed by atoms with E-state index in [0.717, 1.165) is 0 Å². The summed E-state index contributed by atoms with van der Waals surface area (Å²) in [4.78, 5) is 12.0. The maximum absolute atomic E-state index is 10.5. The van der Waals surface area contributed by atoms with E-state index >= 15 is 0 Å². The molecule has 0 bridgehead atoms. The van der Waals surface area contributed by atoms with Crippen LogP contribution < -0.4 is 11.1 Å². The monoisotopic (exact) mass is 398 g/mol. The van der Waals surface area contributed by atoms with Crippen LogP contribution in [0.3, 0.4) is 0 Å². The summed E-state index contributed by atoms with van der Waals surface area (Å²) < 4.78 is 0. The Bertz CT molecular complexity index is 1040. The van der Waals surface area contributed by atoms with E-state index in [2.05, 4.69) is 32.1 Å². The Kier molecular flexibility index (Phi) is 5.37. The zero-order chi connectivity index (χ0) is 19.4. The van der Waals surface area contributed by atoms with Gasteiger partial charge in [0, 0.05) is 34.6 Å². The normalized spacial score (nSPS) is 12.6. The summed E-state index contributed by atoms with van der Waals surface area (Å²) in [6.07, 6.45) is 4.21. The van der Waals surface area contributed by atoms with Crippen LogP contribution in [0, 0.1) is 17.3 Å². The molecule has 7 nitrogen and oxygen atoms in total. The first-order valence-electron chi connectivity index (χ1n) is 7.74. The van der Waals surface area contributed by atoms with Crippen molar-refractivity contribution in [2.24, 2.45) is 0 Å². The predicted octanol–water partition coefficient (Wildman–Crippen LogP) is 3.17. The molecule has 9 heteroatoms. The van der Waals surface area contributed by atoms with E-state index in [-0.39, 0.29) is 5.95 Å². The minimum atomic E-state index is -1.35. The minimum absolute atomic E-state index is 0.0775. The maximum Gasteiger partial charge on any atom is 0.222 e. The maximum atomic E-state index is 10.5. The van der Waals surface area contributed by atoms with Gasteiger partial charge >= 0.3 is 0 Å². The lowest BCUT2D eigenvalue weighted by Gasteiger charge is -2.13. The van der Waals surface area contributed by atoms with E-state index < -0.39 is 5.60 Å². The highest BCUT2D eigenvalue weighted by atomic mass is 35.5. The third-order valence-electron chi connectivity index (χ3n) is 3.52. The highest BCUT2D eigenvalue weighted by molar-refractivity contribution is 7.09. The molecule has 0 aliphatic carbocycles. The van der Waals surface area contributed by atoms with Gasteiger partial charge < -0.3 is 21.6 Å². The standard InChI is InChI=1S/C18H15ClN6OS/c1-18(26,16-22-6-7-27-16)5-4-11-2-3-12(9-20)14(8-11)24-15-13(19)10-23-17(21)25-15/h2-3,6-10,20,26H,1H3,(H3,21,23,24,25). The zero-order valence-corrected chi connectivity index (χ0v) is 15.8. The number of nitrogens with one attached hydrogen (secondary N) is 2. The van der Waals surface area contributed by atoms with Gasteiger partial charge in [-0.25, -0.2) is 9.97 Å². The first kappa shape index (κ1) is 18.8. The zero-order valence-electron chi connectivity index (χ0n) is 14.2. The van der Waals surface area contributed by atoms with Gasteiger partial charge in [0.2, 0.25) is 5.95 Å². The fraction of sp³-hybridized carbons (Fsp3) is 0.111. The Balaban J connectivity index is 1.94. The van der Waals surface area contributed by atoms with Crippen molar-refractivity contribution in [1.82, 2.24) is 15.0 Å². The number of aromatic nitrogens is 3. The van der Waals surface area contributed by atoms with Gasteiger partial charge in [0.05, 0.1) is 6.20 Å². The quantitative estimate of drug-likeness (QED) is 0.395. The number of aliphatic hydroxyl groups is 1. The van der Waals surface area contributed by atoms with Crippen LogP contribution in [0.4, 0.5) is 17.5 Å². The second-order valence-electron chi connectivity index (χ2n) is 5.66. The molecule has 27 heavy (non-hydrogen) atoms. The van der Waals surface area contributed by atoms with E-state index in [4.69, 9.17) is 22.7 Å². The van der Waals surface area contributed by atoms with Crippen molar-refractivity contribution in [1.29, 1.82) is 5.41 Å². The highest BCUT2D eigenvalue weighted by Crippen LogP contribution is 2.26. The Morgan fingerprint density at radius 1 is 1.41 bits per heavy atom. The smallest absolute Gasteiger partial charge is 0.222 e. The van der Waals surface area contributed by atoms with Gasteiger partial charge in [-0.1, -0.05) is 29.5 Å². The molecule has 0 saturated carbocycles.